The minimum Gasteiger partial charge on any atom is -0.340 e. The van der Waals surface area contributed by atoms with Crippen molar-refractivity contribution in [3.63, 3.8) is 0 Å². The summed E-state index contributed by atoms with van der Waals surface area (Å²) < 4.78 is 2.83. The first-order valence-corrected chi connectivity index (χ1v) is 6.87. The minimum absolute atomic E-state index is 0.133. The molecule has 2 aromatic rings. The normalized spacial score (nSPS) is 10.8. The Morgan fingerprint density at radius 2 is 2.11 bits per heavy atom. The predicted octanol–water partition coefficient (Wildman–Crippen LogP) is 3.79. The van der Waals surface area contributed by atoms with E-state index in [2.05, 4.69) is 26.2 Å². The Labute approximate surface area is 121 Å². The van der Waals surface area contributed by atoms with E-state index in [1.807, 2.05) is 43.7 Å². The maximum atomic E-state index is 12.3. The van der Waals surface area contributed by atoms with Crippen LogP contribution in [0.3, 0.4) is 0 Å². The van der Waals surface area contributed by atoms with Crippen LogP contribution in [0.5, 0.6) is 0 Å². The Balaban J connectivity index is 2.25. The number of hydrogen-bond donors (Lipinski definition) is 1. The summed E-state index contributed by atoms with van der Waals surface area (Å²) in [6.45, 7) is 6.02. The van der Waals surface area contributed by atoms with E-state index < -0.39 is 0 Å². The minimum atomic E-state index is -0.133. The molecule has 0 saturated carbocycles. The molecule has 2 heterocycles. The second kappa shape index (κ2) is 5.57. The fraction of sp³-hybridized carbons (Fsp3) is 0.286. The van der Waals surface area contributed by atoms with Gasteiger partial charge in [0.25, 0.3) is 5.91 Å². The monoisotopic (exact) mass is 321 g/mol. The summed E-state index contributed by atoms with van der Waals surface area (Å²) in [7, 11) is 0. The van der Waals surface area contributed by atoms with Crippen LogP contribution in [0.4, 0.5) is 5.69 Å². The van der Waals surface area contributed by atoms with Gasteiger partial charge in [0.15, 0.2) is 0 Å². The number of rotatable bonds is 3. The first-order valence-electron chi connectivity index (χ1n) is 6.07. The predicted molar refractivity (Wildman–Crippen MR) is 79.4 cm³/mol. The van der Waals surface area contributed by atoms with Crippen molar-refractivity contribution >= 4 is 27.5 Å². The second-order valence-corrected chi connectivity index (χ2v) is 5.67. The van der Waals surface area contributed by atoms with Crippen LogP contribution in [0.1, 0.15) is 35.9 Å². The van der Waals surface area contributed by atoms with Gasteiger partial charge in [0.2, 0.25) is 0 Å². The van der Waals surface area contributed by atoms with Gasteiger partial charge in [-0.05, 0) is 54.4 Å². The van der Waals surface area contributed by atoms with Gasteiger partial charge in [-0.1, -0.05) is 0 Å². The van der Waals surface area contributed by atoms with Crippen LogP contribution < -0.4 is 5.32 Å². The average molecular weight is 322 g/mol. The summed E-state index contributed by atoms with van der Waals surface area (Å²) in [5, 5.41) is 2.86. The fourth-order valence-electron chi connectivity index (χ4n) is 1.87. The number of nitrogens with zero attached hydrogens (tertiary/aromatic N) is 2. The first-order chi connectivity index (χ1) is 8.97. The lowest BCUT2D eigenvalue weighted by Gasteiger charge is -2.12. The van der Waals surface area contributed by atoms with Gasteiger partial charge in [-0.15, -0.1) is 0 Å². The molecule has 1 amide bonds. The van der Waals surface area contributed by atoms with Gasteiger partial charge < -0.3 is 9.88 Å². The maximum Gasteiger partial charge on any atom is 0.272 e. The molecule has 4 nitrogen and oxygen atoms in total. The SMILES string of the molecule is Cc1cncc(NC(=O)c2cc(Br)cn2C(C)C)c1. The number of nitrogens with one attached hydrogen (secondary N) is 1. The lowest BCUT2D eigenvalue weighted by atomic mass is 10.3. The Kier molecular flexibility index (Phi) is 4.04. The van der Waals surface area contributed by atoms with Crippen LogP contribution >= 0.6 is 15.9 Å². The third kappa shape index (κ3) is 3.23. The molecule has 0 fully saturated rings. The number of carbonyl (C=O) groups excluding carboxylic acids is 1. The van der Waals surface area contributed by atoms with Crippen LogP contribution in [0, 0.1) is 6.92 Å². The first kappa shape index (κ1) is 13.8. The van der Waals surface area contributed by atoms with Crippen LogP contribution in [0.25, 0.3) is 0 Å². The molecule has 0 aromatic carbocycles. The summed E-state index contributed by atoms with van der Waals surface area (Å²) in [6.07, 6.45) is 5.31. The zero-order chi connectivity index (χ0) is 14.0. The molecule has 0 aliphatic carbocycles. The zero-order valence-electron chi connectivity index (χ0n) is 11.1. The highest BCUT2D eigenvalue weighted by Crippen LogP contribution is 2.20. The van der Waals surface area contributed by atoms with E-state index in [-0.39, 0.29) is 11.9 Å². The number of hydrogen-bond acceptors (Lipinski definition) is 2. The van der Waals surface area contributed by atoms with Gasteiger partial charge >= 0.3 is 0 Å². The van der Waals surface area contributed by atoms with Crippen molar-refractivity contribution in [2.75, 3.05) is 5.32 Å². The molecule has 2 rings (SSSR count). The summed E-state index contributed by atoms with van der Waals surface area (Å²) in [5.74, 6) is -0.133. The molecule has 0 aliphatic heterocycles. The van der Waals surface area contributed by atoms with Crippen molar-refractivity contribution in [2.24, 2.45) is 0 Å². The van der Waals surface area contributed by atoms with E-state index in [1.165, 1.54) is 0 Å². The van der Waals surface area contributed by atoms with Crippen molar-refractivity contribution < 1.29 is 4.79 Å². The van der Waals surface area contributed by atoms with Crippen molar-refractivity contribution in [1.82, 2.24) is 9.55 Å². The van der Waals surface area contributed by atoms with E-state index in [1.54, 1.807) is 12.4 Å². The molecule has 19 heavy (non-hydrogen) atoms. The quantitative estimate of drug-likeness (QED) is 0.934. The molecule has 0 spiro atoms. The Morgan fingerprint density at radius 1 is 1.37 bits per heavy atom. The Bertz CT molecular complexity index is 604. The average Bonchev–Trinajstić information content (AvgIpc) is 2.71. The molecule has 0 bridgehead atoms. The Morgan fingerprint density at radius 3 is 2.74 bits per heavy atom. The number of aromatic nitrogens is 2. The topological polar surface area (TPSA) is 46.9 Å². The van der Waals surface area contributed by atoms with Crippen molar-refractivity contribution in [2.45, 2.75) is 26.8 Å². The standard InChI is InChI=1S/C14H16BrN3O/c1-9(2)18-8-11(15)5-13(18)14(19)17-12-4-10(3)6-16-7-12/h4-9H,1-3H3,(H,17,19). The third-order valence-electron chi connectivity index (χ3n) is 2.74. The van der Waals surface area contributed by atoms with Gasteiger partial charge in [0, 0.05) is 22.9 Å². The Hall–Kier alpha value is -1.62. The van der Waals surface area contributed by atoms with E-state index in [9.17, 15) is 4.79 Å². The molecule has 0 atom stereocenters. The summed E-state index contributed by atoms with van der Waals surface area (Å²) in [4.78, 5) is 16.3. The molecule has 100 valence electrons. The van der Waals surface area contributed by atoms with Crippen molar-refractivity contribution in [1.29, 1.82) is 0 Å². The molecule has 0 saturated heterocycles. The van der Waals surface area contributed by atoms with E-state index >= 15 is 0 Å². The summed E-state index contributed by atoms with van der Waals surface area (Å²) in [6, 6.07) is 3.93. The van der Waals surface area contributed by atoms with Crippen molar-refractivity contribution in [3.05, 3.63) is 46.5 Å². The molecule has 5 heteroatoms. The lowest BCUT2D eigenvalue weighted by molar-refractivity contribution is 0.101. The third-order valence-corrected chi connectivity index (χ3v) is 3.17. The molecular weight excluding hydrogens is 306 g/mol. The van der Waals surface area contributed by atoms with Gasteiger partial charge in [-0.3, -0.25) is 9.78 Å². The van der Waals surface area contributed by atoms with Crippen molar-refractivity contribution in [3.8, 4) is 0 Å². The van der Waals surface area contributed by atoms with Gasteiger partial charge in [-0.25, -0.2) is 0 Å². The highest BCUT2D eigenvalue weighted by atomic mass is 79.9. The number of aryl methyl sites for hydroxylation is 1. The lowest BCUT2D eigenvalue weighted by Crippen LogP contribution is -2.17. The molecule has 1 N–H and O–H groups in total. The van der Waals surface area contributed by atoms with Gasteiger partial charge in [0.05, 0.1) is 11.9 Å². The van der Waals surface area contributed by atoms with E-state index in [0.717, 1.165) is 10.0 Å². The van der Waals surface area contributed by atoms with E-state index in [4.69, 9.17) is 0 Å². The van der Waals surface area contributed by atoms with Crippen LogP contribution in [0.15, 0.2) is 35.2 Å². The van der Waals surface area contributed by atoms with Crippen LogP contribution in [-0.4, -0.2) is 15.5 Å². The van der Waals surface area contributed by atoms with Crippen LogP contribution in [-0.2, 0) is 0 Å². The number of pyridine rings is 1. The zero-order valence-corrected chi connectivity index (χ0v) is 12.7. The molecular formula is C14H16BrN3O. The smallest absolute Gasteiger partial charge is 0.272 e. The van der Waals surface area contributed by atoms with Crippen LogP contribution in [0.2, 0.25) is 0 Å². The molecule has 0 aliphatic rings. The second-order valence-electron chi connectivity index (χ2n) is 4.75. The summed E-state index contributed by atoms with van der Waals surface area (Å²) >= 11 is 3.40. The number of amides is 1. The highest BCUT2D eigenvalue weighted by molar-refractivity contribution is 9.10. The molecule has 0 radical (unpaired) electrons. The molecule has 2 aromatic heterocycles. The summed E-state index contributed by atoms with van der Waals surface area (Å²) in [5.41, 5.74) is 2.35. The van der Waals surface area contributed by atoms with Gasteiger partial charge in [0.1, 0.15) is 5.69 Å². The number of anilines is 1. The number of halogens is 1. The van der Waals surface area contributed by atoms with E-state index in [0.29, 0.717) is 11.4 Å². The highest BCUT2D eigenvalue weighted by Gasteiger charge is 2.15. The maximum absolute atomic E-state index is 12.3. The van der Waals surface area contributed by atoms with Gasteiger partial charge in [-0.2, -0.15) is 0 Å². The largest absolute Gasteiger partial charge is 0.340 e. The fourth-order valence-corrected chi connectivity index (χ4v) is 2.31. The molecule has 0 unspecified atom stereocenters. The number of carbonyl (C=O) groups is 1.